The molecule has 0 amide bonds. The summed E-state index contributed by atoms with van der Waals surface area (Å²) in [6, 6.07) is 23.8. The van der Waals surface area contributed by atoms with Crippen LogP contribution in [0.2, 0.25) is 18.1 Å². The van der Waals surface area contributed by atoms with Crippen LogP contribution < -0.4 is 0 Å². The van der Waals surface area contributed by atoms with Crippen molar-refractivity contribution in [3.63, 3.8) is 0 Å². The van der Waals surface area contributed by atoms with Gasteiger partial charge in [-0.3, -0.25) is 0 Å². The fraction of sp³-hybridized carbons (Fsp3) is 0.281. The van der Waals surface area contributed by atoms with Crippen molar-refractivity contribution < 1.29 is 14.0 Å². The topological polar surface area (TPSA) is 35.5 Å². The number of rotatable bonds is 6. The fourth-order valence-corrected chi connectivity index (χ4v) is 4.21. The van der Waals surface area contributed by atoms with Crippen LogP contribution in [0.1, 0.15) is 65.9 Å². The standard InChI is InChI=1S/C32H36O3Si/c1-8-34-31(33)29-21-17-26(18-22-29)14-13-25-15-19-28(20-16-25)30(35-36(6,7)32(3,4)5)23-27-11-9-24(2)10-12-27/h9-12,15-23H,8H2,1-7H3/b30-23+. The highest BCUT2D eigenvalue weighted by Gasteiger charge is 2.39. The summed E-state index contributed by atoms with van der Waals surface area (Å²) in [5, 5.41) is 0.0909. The predicted molar refractivity (Wildman–Crippen MR) is 152 cm³/mol. The van der Waals surface area contributed by atoms with Gasteiger partial charge in [0.15, 0.2) is 0 Å². The van der Waals surface area contributed by atoms with Gasteiger partial charge in [-0.05, 0) is 80.0 Å². The first kappa shape index (κ1) is 27.0. The van der Waals surface area contributed by atoms with Crippen LogP contribution in [0.15, 0.2) is 72.8 Å². The van der Waals surface area contributed by atoms with Crippen molar-refractivity contribution in [3.05, 3.63) is 106 Å². The molecular weight excluding hydrogens is 460 g/mol. The first-order chi connectivity index (χ1) is 17.0. The van der Waals surface area contributed by atoms with Gasteiger partial charge in [0.2, 0.25) is 0 Å². The molecule has 0 bridgehead atoms. The lowest BCUT2D eigenvalue weighted by Gasteiger charge is -2.37. The molecule has 0 saturated heterocycles. The number of aryl methyl sites for hydroxylation is 1. The number of hydrogen-bond acceptors (Lipinski definition) is 3. The Kier molecular flexibility index (Phi) is 8.60. The molecule has 3 nitrogen and oxygen atoms in total. The molecule has 3 rings (SSSR count). The van der Waals surface area contributed by atoms with Crippen molar-refractivity contribution in [1.29, 1.82) is 0 Å². The molecule has 0 radical (unpaired) electrons. The third-order valence-electron chi connectivity index (χ3n) is 6.46. The van der Waals surface area contributed by atoms with Crippen molar-refractivity contribution in [2.45, 2.75) is 52.8 Å². The van der Waals surface area contributed by atoms with Gasteiger partial charge in [-0.2, -0.15) is 0 Å². The van der Waals surface area contributed by atoms with E-state index in [1.807, 2.05) is 24.3 Å². The van der Waals surface area contributed by atoms with Gasteiger partial charge in [0.05, 0.1) is 12.2 Å². The second kappa shape index (κ2) is 11.5. The van der Waals surface area contributed by atoms with Gasteiger partial charge >= 0.3 is 5.97 Å². The monoisotopic (exact) mass is 496 g/mol. The predicted octanol–water partition coefficient (Wildman–Crippen LogP) is 8.09. The van der Waals surface area contributed by atoms with Crippen LogP contribution in [-0.2, 0) is 9.16 Å². The van der Waals surface area contributed by atoms with Crippen LogP contribution in [-0.4, -0.2) is 20.9 Å². The average molecular weight is 497 g/mol. The summed E-state index contributed by atoms with van der Waals surface area (Å²) in [7, 11) is -2.04. The van der Waals surface area contributed by atoms with E-state index >= 15 is 0 Å². The van der Waals surface area contributed by atoms with Crippen molar-refractivity contribution in [2.24, 2.45) is 0 Å². The number of carbonyl (C=O) groups excluding carboxylic acids is 1. The summed E-state index contributed by atoms with van der Waals surface area (Å²) >= 11 is 0. The molecule has 0 unspecified atom stereocenters. The Labute approximate surface area is 217 Å². The van der Waals surface area contributed by atoms with Gasteiger partial charge in [-0.1, -0.05) is 74.6 Å². The number of hydrogen-bond donors (Lipinski definition) is 0. The largest absolute Gasteiger partial charge is 0.543 e. The molecule has 0 spiro atoms. The summed E-state index contributed by atoms with van der Waals surface area (Å²) in [5.41, 5.74) is 5.66. The average Bonchev–Trinajstić information content (AvgIpc) is 2.84. The van der Waals surface area contributed by atoms with Gasteiger partial charge in [-0.15, -0.1) is 0 Å². The summed E-state index contributed by atoms with van der Waals surface area (Å²) in [6.07, 6.45) is 2.13. The Morgan fingerprint density at radius 2 is 1.33 bits per heavy atom. The Bertz CT molecular complexity index is 1260. The van der Waals surface area contributed by atoms with E-state index in [0.717, 1.165) is 28.0 Å². The van der Waals surface area contributed by atoms with E-state index in [-0.39, 0.29) is 11.0 Å². The third kappa shape index (κ3) is 7.23. The lowest BCUT2D eigenvalue weighted by atomic mass is 10.1. The summed E-state index contributed by atoms with van der Waals surface area (Å²) in [6.45, 7) is 15.5. The zero-order chi connectivity index (χ0) is 26.3. The first-order valence-electron chi connectivity index (χ1n) is 12.4. The van der Waals surface area contributed by atoms with Crippen LogP contribution in [0.3, 0.4) is 0 Å². The number of esters is 1. The van der Waals surface area contributed by atoms with Gasteiger partial charge in [0, 0.05) is 16.7 Å². The Morgan fingerprint density at radius 3 is 1.81 bits per heavy atom. The van der Waals surface area contributed by atoms with Gasteiger partial charge in [0.1, 0.15) is 5.76 Å². The lowest BCUT2D eigenvalue weighted by Crippen LogP contribution is -2.40. The summed E-state index contributed by atoms with van der Waals surface area (Å²) in [5.74, 6) is 6.95. The normalized spacial score (nSPS) is 11.9. The Hall–Kier alpha value is -3.55. The van der Waals surface area contributed by atoms with Gasteiger partial charge in [0.25, 0.3) is 8.32 Å². The molecule has 3 aromatic carbocycles. The van der Waals surface area contributed by atoms with E-state index < -0.39 is 8.32 Å². The van der Waals surface area contributed by atoms with Crippen LogP contribution in [0, 0.1) is 18.8 Å². The fourth-order valence-electron chi connectivity index (χ4n) is 3.18. The van der Waals surface area contributed by atoms with Crippen LogP contribution in [0.25, 0.3) is 11.8 Å². The second-order valence-corrected chi connectivity index (χ2v) is 15.1. The van der Waals surface area contributed by atoms with E-state index in [0.29, 0.717) is 12.2 Å². The molecule has 0 atom stereocenters. The van der Waals surface area contributed by atoms with Crippen molar-refractivity contribution in [1.82, 2.24) is 0 Å². The lowest BCUT2D eigenvalue weighted by molar-refractivity contribution is 0.0526. The van der Waals surface area contributed by atoms with E-state index in [9.17, 15) is 4.79 Å². The molecule has 0 aliphatic carbocycles. The molecule has 0 saturated carbocycles. The Morgan fingerprint density at radius 1 is 0.833 bits per heavy atom. The number of ether oxygens (including phenoxy) is 1. The van der Waals surface area contributed by atoms with Crippen LogP contribution in [0.4, 0.5) is 0 Å². The van der Waals surface area contributed by atoms with E-state index in [1.54, 1.807) is 19.1 Å². The minimum absolute atomic E-state index is 0.0909. The van der Waals surface area contributed by atoms with Crippen LogP contribution in [0.5, 0.6) is 0 Å². The highest BCUT2D eigenvalue weighted by molar-refractivity contribution is 6.74. The molecule has 0 aliphatic rings. The highest BCUT2D eigenvalue weighted by atomic mass is 28.4. The molecular formula is C32H36O3Si. The summed E-state index contributed by atoms with van der Waals surface area (Å²) < 4.78 is 11.8. The second-order valence-electron chi connectivity index (χ2n) is 10.4. The van der Waals surface area contributed by atoms with Crippen molar-refractivity contribution in [2.75, 3.05) is 6.61 Å². The molecule has 0 N–H and O–H groups in total. The third-order valence-corrected chi connectivity index (χ3v) is 10.8. The SMILES string of the molecule is CCOC(=O)c1ccc(C#Cc2ccc(/C(=C\c3ccc(C)cc3)O[Si](C)(C)C(C)(C)C)cc2)cc1. The maximum Gasteiger partial charge on any atom is 0.338 e. The van der Waals surface area contributed by atoms with E-state index in [1.165, 1.54) is 5.56 Å². The highest BCUT2D eigenvalue weighted by Crippen LogP contribution is 2.40. The number of carbonyl (C=O) groups is 1. The van der Waals surface area contributed by atoms with E-state index in [2.05, 4.69) is 95.1 Å². The van der Waals surface area contributed by atoms with Crippen LogP contribution >= 0.6 is 0 Å². The molecule has 0 heterocycles. The van der Waals surface area contributed by atoms with E-state index in [4.69, 9.17) is 9.16 Å². The number of benzene rings is 3. The zero-order valence-electron chi connectivity index (χ0n) is 22.4. The molecule has 186 valence electrons. The quantitative estimate of drug-likeness (QED) is 0.114. The first-order valence-corrected chi connectivity index (χ1v) is 15.3. The smallest absolute Gasteiger partial charge is 0.338 e. The molecule has 0 aromatic heterocycles. The Balaban J connectivity index is 1.85. The minimum atomic E-state index is -2.04. The van der Waals surface area contributed by atoms with Gasteiger partial charge < -0.3 is 9.16 Å². The molecule has 36 heavy (non-hydrogen) atoms. The molecule has 4 heteroatoms. The maximum atomic E-state index is 11.8. The van der Waals surface area contributed by atoms with Crippen molar-refractivity contribution >= 4 is 26.1 Å². The minimum Gasteiger partial charge on any atom is -0.543 e. The summed E-state index contributed by atoms with van der Waals surface area (Å²) in [4.78, 5) is 11.8. The van der Waals surface area contributed by atoms with Crippen molar-refractivity contribution in [3.8, 4) is 11.8 Å². The van der Waals surface area contributed by atoms with Gasteiger partial charge in [-0.25, -0.2) is 4.79 Å². The maximum absolute atomic E-state index is 11.8. The molecule has 0 aliphatic heterocycles. The molecule has 3 aromatic rings. The molecule has 0 fully saturated rings. The zero-order valence-corrected chi connectivity index (χ0v) is 23.4.